The third-order valence-electron chi connectivity index (χ3n) is 6.70. The molecule has 0 spiro atoms. The summed E-state index contributed by atoms with van der Waals surface area (Å²) in [6.45, 7) is 9.70. The summed E-state index contributed by atoms with van der Waals surface area (Å²) in [5.41, 5.74) is 4.60. The van der Waals surface area contributed by atoms with E-state index >= 15 is 0 Å². The Morgan fingerprint density at radius 2 is 1.81 bits per heavy atom. The van der Waals surface area contributed by atoms with E-state index in [1.807, 2.05) is 49.9 Å². The van der Waals surface area contributed by atoms with Gasteiger partial charge in [-0.1, -0.05) is 48.3 Å². The van der Waals surface area contributed by atoms with Gasteiger partial charge in [-0.3, -0.25) is 9.69 Å². The lowest BCUT2D eigenvalue weighted by Crippen LogP contribution is -2.49. The molecule has 1 aromatic carbocycles. The van der Waals surface area contributed by atoms with Crippen LogP contribution >= 0.6 is 0 Å². The number of carbonyl (C=O) groups is 2. The molecule has 36 heavy (non-hydrogen) atoms. The maximum atomic E-state index is 13.3. The average Bonchev–Trinajstić information content (AvgIpc) is 3.49. The minimum Gasteiger partial charge on any atom is -0.465 e. The van der Waals surface area contributed by atoms with Crippen LogP contribution in [0.15, 0.2) is 28.8 Å². The zero-order valence-corrected chi connectivity index (χ0v) is 21.6. The lowest BCUT2D eigenvalue weighted by molar-refractivity contribution is 0.0599. The second-order valence-electron chi connectivity index (χ2n) is 9.34. The van der Waals surface area contributed by atoms with E-state index in [2.05, 4.69) is 20.0 Å². The summed E-state index contributed by atoms with van der Waals surface area (Å²) < 4.78 is 10.4. The normalized spacial score (nSPS) is 14.3. The average molecular weight is 494 g/mol. The molecule has 2 aromatic heterocycles. The molecule has 1 fully saturated rings. The Bertz CT molecular complexity index is 1190. The number of methoxy groups -OCH3 is 1. The van der Waals surface area contributed by atoms with E-state index in [9.17, 15) is 9.59 Å². The quantitative estimate of drug-likeness (QED) is 0.452. The number of H-pyrrole nitrogens is 1. The van der Waals surface area contributed by atoms with Gasteiger partial charge in [-0.2, -0.15) is 4.98 Å². The van der Waals surface area contributed by atoms with Crippen LogP contribution in [0.3, 0.4) is 0 Å². The van der Waals surface area contributed by atoms with Gasteiger partial charge in [0.15, 0.2) is 0 Å². The first-order chi connectivity index (χ1) is 17.4. The first-order valence-corrected chi connectivity index (χ1v) is 12.6. The number of benzene rings is 1. The molecule has 1 N–H and O–H groups in total. The van der Waals surface area contributed by atoms with E-state index in [0.717, 1.165) is 50.0 Å². The number of hydrogen-bond acceptors (Lipinski definition) is 7. The van der Waals surface area contributed by atoms with Crippen molar-refractivity contribution < 1.29 is 18.8 Å². The van der Waals surface area contributed by atoms with Crippen molar-refractivity contribution in [3.05, 3.63) is 58.2 Å². The van der Waals surface area contributed by atoms with E-state index in [1.54, 1.807) is 0 Å². The number of rotatable bonds is 9. The molecule has 3 aromatic rings. The standard InChI is InChI=1S/C27H35N5O4/c1-5-7-21-23(27(34)35-4)19(3)28-24(21)26(33)32-16-14-31(15-17-32)13-6-8-22-29-25(30-36-22)20-11-9-18(2)10-12-20/h9-12,28H,5-8,13-17H2,1-4H3. The van der Waals surface area contributed by atoms with E-state index in [1.165, 1.54) is 12.7 Å². The first-order valence-electron chi connectivity index (χ1n) is 12.6. The van der Waals surface area contributed by atoms with Crippen LogP contribution in [0.4, 0.5) is 0 Å². The summed E-state index contributed by atoms with van der Waals surface area (Å²) in [5.74, 6) is 0.815. The number of aryl methyl sites for hydroxylation is 3. The van der Waals surface area contributed by atoms with Crippen LogP contribution in [0, 0.1) is 13.8 Å². The summed E-state index contributed by atoms with van der Waals surface area (Å²) >= 11 is 0. The molecule has 0 aliphatic carbocycles. The van der Waals surface area contributed by atoms with Gasteiger partial charge in [0.25, 0.3) is 5.91 Å². The zero-order valence-electron chi connectivity index (χ0n) is 21.6. The molecule has 9 nitrogen and oxygen atoms in total. The van der Waals surface area contributed by atoms with Gasteiger partial charge in [0.05, 0.1) is 12.7 Å². The molecule has 0 bridgehead atoms. The van der Waals surface area contributed by atoms with Crippen molar-refractivity contribution in [1.29, 1.82) is 0 Å². The zero-order chi connectivity index (χ0) is 25.7. The van der Waals surface area contributed by atoms with Crippen LogP contribution in [0.5, 0.6) is 0 Å². The Morgan fingerprint density at radius 1 is 1.08 bits per heavy atom. The molecular weight excluding hydrogens is 458 g/mol. The molecule has 1 saturated heterocycles. The number of aromatic amines is 1. The van der Waals surface area contributed by atoms with Crippen LogP contribution in [-0.4, -0.2) is 76.6 Å². The number of piperazine rings is 1. The summed E-state index contributed by atoms with van der Waals surface area (Å²) in [6, 6.07) is 8.08. The lowest BCUT2D eigenvalue weighted by atomic mass is 10.0. The van der Waals surface area contributed by atoms with Crippen molar-refractivity contribution in [2.45, 2.75) is 46.5 Å². The van der Waals surface area contributed by atoms with Gasteiger partial charge < -0.3 is 19.1 Å². The highest BCUT2D eigenvalue weighted by Gasteiger charge is 2.29. The first kappa shape index (κ1) is 25.6. The lowest BCUT2D eigenvalue weighted by Gasteiger charge is -2.34. The molecule has 0 atom stereocenters. The third kappa shape index (κ3) is 5.67. The van der Waals surface area contributed by atoms with Crippen LogP contribution < -0.4 is 0 Å². The Hall–Kier alpha value is -3.46. The predicted octanol–water partition coefficient (Wildman–Crippen LogP) is 3.81. The molecule has 1 aliphatic rings. The summed E-state index contributed by atoms with van der Waals surface area (Å²) in [4.78, 5) is 37.5. The SMILES string of the molecule is CCCc1c(C(=O)N2CCN(CCCc3nc(-c4ccc(C)cc4)no3)CC2)[nH]c(C)c1C(=O)OC. The number of esters is 1. The minimum absolute atomic E-state index is 0.0501. The number of aromatic nitrogens is 3. The number of nitrogens with zero attached hydrogens (tertiary/aromatic N) is 4. The summed E-state index contributed by atoms with van der Waals surface area (Å²) in [5, 5.41) is 4.11. The van der Waals surface area contributed by atoms with E-state index in [4.69, 9.17) is 9.26 Å². The molecular formula is C27H35N5O4. The number of hydrogen-bond donors (Lipinski definition) is 1. The maximum absolute atomic E-state index is 13.3. The van der Waals surface area contributed by atoms with Crippen LogP contribution in [-0.2, 0) is 17.6 Å². The number of carbonyl (C=O) groups excluding carboxylic acids is 2. The van der Waals surface area contributed by atoms with Gasteiger partial charge in [0, 0.05) is 43.9 Å². The van der Waals surface area contributed by atoms with Crippen molar-refractivity contribution in [3.8, 4) is 11.4 Å². The summed E-state index contributed by atoms with van der Waals surface area (Å²) in [7, 11) is 1.37. The minimum atomic E-state index is -0.400. The van der Waals surface area contributed by atoms with Crippen molar-refractivity contribution in [1.82, 2.24) is 24.9 Å². The molecule has 192 valence electrons. The van der Waals surface area contributed by atoms with Crippen molar-refractivity contribution in [3.63, 3.8) is 0 Å². The molecule has 1 aliphatic heterocycles. The van der Waals surface area contributed by atoms with Gasteiger partial charge in [-0.25, -0.2) is 4.79 Å². The van der Waals surface area contributed by atoms with Crippen molar-refractivity contribution in [2.75, 3.05) is 39.8 Å². The van der Waals surface area contributed by atoms with Crippen LogP contribution in [0.1, 0.15) is 63.3 Å². The van der Waals surface area contributed by atoms with E-state index in [-0.39, 0.29) is 5.91 Å². The highest BCUT2D eigenvalue weighted by atomic mass is 16.5. The van der Waals surface area contributed by atoms with Gasteiger partial charge in [-0.05, 0) is 38.8 Å². The molecule has 0 unspecified atom stereocenters. The fourth-order valence-corrected chi connectivity index (χ4v) is 4.70. The van der Waals surface area contributed by atoms with Crippen LogP contribution in [0.25, 0.3) is 11.4 Å². The molecule has 9 heteroatoms. The smallest absolute Gasteiger partial charge is 0.339 e. The number of ether oxygens (including phenoxy) is 1. The number of nitrogens with one attached hydrogen (secondary N) is 1. The Kier molecular flexibility index (Phi) is 8.20. The highest BCUT2D eigenvalue weighted by Crippen LogP contribution is 2.24. The second-order valence-corrected chi connectivity index (χ2v) is 9.34. The molecule has 3 heterocycles. The fourth-order valence-electron chi connectivity index (χ4n) is 4.70. The topological polar surface area (TPSA) is 105 Å². The maximum Gasteiger partial charge on any atom is 0.339 e. The highest BCUT2D eigenvalue weighted by molar-refractivity contribution is 6.00. The van der Waals surface area contributed by atoms with Crippen molar-refractivity contribution >= 4 is 11.9 Å². The number of amides is 1. The second kappa shape index (κ2) is 11.5. The van der Waals surface area contributed by atoms with Gasteiger partial charge in [-0.15, -0.1) is 0 Å². The Labute approximate surface area is 211 Å². The monoisotopic (exact) mass is 493 g/mol. The fraction of sp³-hybridized carbons (Fsp3) is 0.481. The third-order valence-corrected chi connectivity index (χ3v) is 6.70. The molecule has 1 amide bonds. The summed E-state index contributed by atoms with van der Waals surface area (Å²) in [6.07, 6.45) is 3.11. The Balaban J connectivity index is 1.28. The van der Waals surface area contributed by atoms with Gasteiger partial charge in [0.2, 0.25) is 11.7 Å². The van der Waals surface area contributed by atoms with Crippen molar-refractivity contribution in [2.24, 2.45) is 0 Å². The van der Waals surface area contributed by atoms with Gasteiger partial charge in [0.1, 0.15) is 5.69 Å². The predicted molar refractivity (Wildman–Crippen MR) is 136 cm³/mol. The molecule has 0 radical (unpaired) electrons. The molecule has 4 rings (SSSR count). The largest absolute Gasteiger partial charge is 0.465 e. The van der Waals surface area contributed by atoms with E-state index in [0.29, 0.717) is 48.2 Å². The van der Waals surface area contributed by atoms with Gasteiger partial charge >= 0.3 is 5.97 Å². The molecule has 0 saturated carbocycles. The Morgan fingerprint density at radius 3 is 2.47 bits per heavy atom. The van der Waals surface area contributed by atoms with Crippen LogP contribution in [0.2, 0.25) is 0 Å². The van der Waals surface area contributed by atoms with E-state index < -0.39 is 5.97 Å².